The molecule has 4 heteroatoms. The minimum atomic E-state index is -0.891. The molecule has 0 unspecified atom stereocenters. The van der Waals surface area contributed by atoms with E-state index < -0.39 is 23.2 Å². The molecule has 1 aromatic carbocycles. The van der Waals surface area contributed by atoms with Crippen molar-refractivity contribution in [2.75, 3.05) is 0 Å². The van der Waals surface area contributed by atoms with Crippen LogP contribution in [0.15, 0.2) is 30.3 Å². The number of carboxylic acids is 1. The Balaban J connectivity index is 2.02. The quantitative estimate of drug-likeness (QED) is 0.873. The Labute approximate surface area is 112 Å². The number of rotatable bonds is 4. The Kier molecular flexibility index (Phi) is 3.35. The van der Waals surface area contributed by atoms with Crippen molar-refractivity contribution in [1.29, 1.82) is 0 Å². The molecule has 1 aliphatic rings. The Morgan fingerprint density at radius 2 is 1.79 bits per heavy atom. The van der Waals surface area contributed by atoms with Gasteiger partial charge in [0.25, 0.3) is 0 Å². The van der Waals surface area contributed by atoms with Crippen molar-refractivity contribution >= 4 is 11.9 Å². The summed E-state index contributed by atoms with van der Waals surface area (Å²) < 4.78 is 0. The summed E-state index contributed by atoms with van der Waals surface area (Å²) in [6.45, 7) is 5.55. The molecule has 2 rings (SSSR count). The molecular weight excluding hydrogens is 242 g/mol. The molecule has 1 saturated carbocycles. The second-order valence-corrected chi connectivity index (χ2v) is 5.76. The fraction of sp³-hybridized carbons (Fsp3) is 0.467. The van der Waals surface area contributed by atoms with Crippen LogP contribution in [0, 0.1) is 17.3 Å². The molecule has 1 aromatic rings. The van der Waals surface area contributed by atoms with Crippen LogP contribution in [0.1, 0.15) is 32.4 Å². The first-order chi connectivity index (χ1) is 8.85. The van der Waals surface area contributed by atoms with E-state index in [2.05, 4.69) is 5.32 Å². The number of hydrogen-bond donors (Lipinski definition) is 2. The highest BCUT2D eigenvalue weighted by molar-refractivity contribution is 5.91. The van der Waals surface area contributed by atoms with Gasteiger partial charge >= 0.3 is 5.97 Å². The molecule has 0 heterocycles. The first kappa shape index (κ1) is 13.6. The Bertz CT molecular complexity index is 495. The summed E-state index contributed by atoms with van der Waals surface area (Å²) in [6, 6.07) is 9.52. The minimum Gasteiger partial charge on any atom is -0.481 e. The van der Waals surface area contributed by atoms with Crippen LogP contribution in [0.3, 0.4) is 0 Å². The Hall–Kier alpha value is -1.84. The summed E-state index contributed by atoms with van der Waals surface area (Å²) in [5, 5.41) is 12.0. The third kappa shape index (κ3) is 2.48. The normalized spacial score (nSPS) is 25.4. The van der Waals surface area contributed by atoms with Crippen LogP contribution >= 0.6 is 0 Å². The average molecular weight is 261 g/mol. The summed E-state index contributed by atoms with van der Waals surface area (Å²) in [5.41, 5.74) is 0.563. The number of amides is 1. The van der Waals surface area contributed by atoms with E-state index in [0.717, 1.165) is 5.56 Å². The summed E-state index contributed by atoms with van der Waals surface area (Å²) in [5.74, 6) is -2.07. The van der Waals surface area contributed by atoms with Gasteiger partial charge in [0.1, 0.15) is 0 Å². The predicted octanol–water partition coefficient (Wildman–Crippen LogP) is 2.22. The molecule has 102 valence electrons. The fourth-order valence-electron chi connectivity index (χ4n) is 2.72. The van der Waals surface area contributed by atoms with Gasteiger partial charge in [-0.25, -0.2) is 0 Å². The molecule has 3 atom stereocenters. The van der Waals surface area contributed by atoms with Crippen molar-refractivity contribution in [2.24, 2.45) is 17.3 Å². The zero-order valence-electron chi connectivity index (χ0n) is 11.4. The first-order valence-electron chi connectivity index (χ1n) is 6.44. The van der Waals surface area contributed by atoms with Crippen molar-refractivity contribution in [3.63, 3.8) is 0 Å². The van der Waals surface area contributed by atoms with Gasteiger partial charge in [0.05, 0.1) is 17.9 Å². The highest BCUT2D eigenvalue weighted by Crippen LogP contribution is 2.58. The monoisotopic (exact) mass is 261 g/mol. The molecule has 0 bridgehead atoms. The van der Waals surface area contributed by atoms with Gasteiger partial charge in [-0.15, -0.1) is 0 Å². The second-order valence-electron chi connectivity index (χ2n) is 5.76. The number of aliphatic carboxylic acids is 1. The van der Waals surface area contributed by atoms with Crippen LogP contribution in [0.5, 0.6) is 0 Å². The SMILES string of the molecule is C[C@@H](NC(=O)[C@H]1[C@@H](C(=O)O)C1(C)C)c1ccccc1. The van der Waals surface area contributed by atoms with E-state index in [-0.39, 0.29) is 11.9 Å². The minimum absolute atomic E-state index is 0.112. The second kappa shape index (κ2) is 4.68. The van der Waals surface area contributed by atoms with Crippen molar-refractivity contribution in [2.45, 2.75) is 26.8 Å². The zero-order valence-corrected chi connectivity index (χ0v) is 11.4. The molecule has 0 spiro atoms. The maximum absolute atomic E-state index is 12.1. The molecular formula is C15H19NO3. The van der Waals surface area contributed by atoms with Gasteiger partial charge < -0.3 is 10.4 Å². The van der Waals surface area contributed by atoms with Crippen molar-refractivity contribution in [3.05, 3.63) is 35.9 Å². The maximum atomic E-state index is 12.1. The van der Waals surface area contributed by atoms with Crippen LogP contribution in [0.4, 0.5) is 0 Å². The third-order valence-corrected chi connectivity index (χ3v) is 4.03. The van der Waals surface area contributed by atoms with Gasteiger partial charge in [0, 0.05) is 0 Å². The number of carbonyl (C=O) groups is 2. The molecule has 19 heavy (non-hydrogen) atoms. The lowest BCUT2D eigenvalue weighted by Gasteiger charge is -2.14. The molecule has 2 N–H and O–H groups in total. The topological polar surface area (TPSA) is 66.4 Å². The van der Waals surface area contributed by atoms with Gasteiger partial charge in [-0.2, -0.15) is 0 Å². The van der Waals surface area contributed by atoms with Gasteiger partial charge in [-0.1, -0.05) is 44.2 Å². The number of carbonyl (C=O) groups excluding carboxylic acids is 1. The fourth-order valence-corrected chi connectivity index (χ4v) is 2.72. The van der Waals surface area contributed by atoms with Crippen molar-refractivity contribution in [1.82, 2.24) is 5.32 Å². The van der Waals surface area contributed by atoms with Gasteiger partial charge in [-0.3, -0.25) is 9.59 Å². The average Bonchev–Trinajstić information content (AvgIpc) is 2.93. The Morgan fingerprint density at radius 1 is 1.21 bits per heavy atom. The molecule has 1 amide bonds. The number of benzene rings is 1. The first-order valence-corrected chi connectivity index (χ1v) is 6.44. The van der Waals surface area contributed by atoms with Crippen LogP contribution < -0.4 is 5.32 Å². The maximum Gasteiger partial charge on any atom is 0.307 e. The summed E-state index contributed by atoms with van der Waals surface area (Å²) in [7, 11) is 0. The van der Waals surface area contributed by atoms with E-state index in [1.807, 2.05) is 51.1 Å². The van der Waals surface area contributed by atoms with E-state index >= 15 is 0 Å². The molecule has 1 fully saturated rings. The van der Waals surface area contributed by atoms with Gasteiger partial charge in [-0.05, 0) is 17.9 Å². The van der Waals surface area contributed by atoms with Crippen molar-refractivity contribution in [3.8, 4) is 0 Å². The molecule has 0 aliphatic heterocycles. The number of hydrogen-bond acceptors (Lipinski definition) is 2. The summed E-state index contributed by atoms with van der Waals surface area (Å²) in [6.07, 6.45) is 0. The molecule has 0 radical (unpaired) electrons. The lowest BCUT2D eigenvalue weighted by molar-refractivity contribution is -0.140. The molecule has 4 nitrogen and oxygen atoms in total. The Morgan fingerprint density at radius 3 is 2.26 bits per heavy atom. The van der Waals surface area contributed by atoms with E-state index in [1.54, 1.807) is 0 Å². The summed E-state index contributed by atoms with van der Waals surface area (Å²) >= 11 is 0. The van der Waals surface area contributed by atoms with Gasteiger partial charge in [0.15, 0.2) is 0 Å². The number of nitrogens with one attached hydrogen (secondary N) is 1. The lowest BCUT2D eigenvalue weighted by atomic mass is 10.1. The molecule has 0 saturated heterocycles. The summed E-state index contributed by atoms with van der Waals surface area (Å²) in [4.78, 5) is 23.2. The van der Waals surface area contributed by atoms with Crippen LogP contribution in [-0.2, 0) is 9.59 Å². The van der Waals surface area contributed by atoms with E-state index in [0.29, 0.717) is 0 Å². The standard InChI is InChI=1S/C15H19NO3/c1-9(10-7-5-4-6-8-10)16-13(17)11-12(14(18)19)15(11,2)3/h4-9,11-12H,1-3H3,(H,16,17)(H,18,19)/t9-,11-,12+/m1/s1. The van der Waals surface area contributed by atoms with E-state index in [4.69, 9.17) is 5.11 Å². The van der Waals surface area contributed by atoms with Gasteiger partial charge in [0.2, 0.25) is 5.91 Å². The van der Waals surface area contributed by atoms with Crippen molar-refractivity contribution < 1.29 is 14.7 Å². The largest absolute Gasteiger partial charge is 0.481 e. The van der Waals surface area contributed by atoms with Crippen LogP contribution in [0.2, 0.25) is 0 Å². The van der Waals surface area contributed by atoms with E-state index in [9.17, 15) is 9.59 Å². The smallest absolute Gasteiger partial charge is 0.307 e. The highest BCUT2D eigenvalue weighted by atomic mass is 16.4. The molecule has 0 aromatic heterocycles. The lowest BCUT2D eigenvalue weighted by Crippen LogP contribution is -2.29. The third-order valence-electron chi connectivity index (χ3n) is 4.03. The van der Waals surface area contributed by atoms with Crippen LogP contribution in [-0.4, -0.2) is 17.0 Å². The molecule has 1 aliphatic carbocycles. The van der Waals surface area contributed by atoms with E-state index in [1.165, 1.54) is 0 Å². The zero-order chi connectivity index (χ0) is 14.2. The highest BCUT2D eigenvalue weighted by Gasteiger charge is 2.65. The predicted molar refractivity (Wildman–Crippen MR) is 71.4 cm³/mol. The number of carboxylic acid groups (broad SMARTS) is 1. The van der Waals surface area contributed by atoms with Crippen LogP contribution in [0.25, 0.3) is 0 Å².